The van der Waals surface area contributed by atoms with E-state index in [2.05, 4.69) is 59.2 Å². The second-order valence-corrected chi connectivity index (χ2v) is 9.22. The number of anilines is 1. The van der Waals surface area contributed by atoms with Crippen LogP contribution in [0.4, 0.5) is 5.69 Å². The highest BCUT2D eigenvalue weighted by Crippen LogP contribution is 2.23. The van der Waals surface area contributed by atoms with Crippen molar-refractivity contribution in [1.82, 2.24) is 20.2 Å². The molecular formula is C19H24BrN5S. The van der Waals surface area contributed by atoms with Gasteiger partial charge in [0.1, 0.15) is 0 Å². The van der Waals surface area contributed by atoms with Gasteiger partial charge < -0.3 is 15.1 Å². The molecule has 0 radical (unpaired) electrons. The molecule has 2 aromatic rings. The molecule has 0 saturated carbocycles. The zero-order valence-electron chi connectivity index (χ0n) is 14.8. The van der Waals surface area contributed by atoms with Crippen molar-refractivity contribution in [2.24, 2.45) is 0 Å². The lowest BCUT2D eigenvalue weighted by molar-refractivity contribution is 0.201. The molecule has 7 heteroatoms. The van der Waals surface area contributed by atoms with Gasteiger partial charge in [-0.3, -0.25) is 4.98 Å². The molecule has 1 fully saturated rings. The molecule has 0 atom stereocenters. The summed E-state index contributed by atoms with van der Waals surface area (Å²) in [5, 5.41) is 3.69. The molecule has 138 valence electrons. The molecule has 4 heterocycles. The topological polar surface area (TPSA) is 44.3 Å². The molecule has 2 aliphatic rings. The van der Waals surface area contributed by atoms with Crippen LogP contribution in [-0.2, 0) is 6.54 Å². The Morgan fingerprint density at radius 3 is 2.92 bits per heavy atom. The number of piperidine rings is 1. The van der Waals surface area contributed by atoms with E-state index in [-0.39, 0.29) is 0 Å². The molecular weight excluding hydrogens is 410 g/mol. The van der Waals surface area contributed by atoms with Crippen molar-refractivity contribution in [1.29, 1.82) is 0 Å². The molecule has 0 bridgehead atoms. The molecule has 4 rings (SSSR count). The largest absolute Gasteiger partial charge is 0.365 e. The van der Waals surface area contributed by atoms with E-state index in [0.717, 1.165) is 35.8 Å². The third-order valence-electron chi connectivity index (χ3n) is 5.12. The summed E-state index contributed by atoms with van der Waals surface area (Å²) >= 11 is 5.14. The van der Waals surface area contributed by atoms with Crippen LogP contribution in [0, 0.1) is 0 Å². The molecule has 2 aliphatic heterocycles. The van der Waals surface area contributed by atoms with Crippen molar-refractivity contribution < 1.29 is 0 Å². The number of aromatic nitrogens is 2. The van der Waals surface area contributed by atoms with Gasteiger partial charge in [0, 0.05) is 49.5 Å². The number of hydrogen-bond donors (Lipinski definition) is 1. The third-order valence-corrected chi connectivity index (χ3v) is 6.60. The Morgan fingerprint density at radius 1 is 1.23 bits per heavy atom. The Labute approximate surface area is 167 Å². The maximum Gasteiger partial charge on any atom is 0.159 e. The Bertz CT molecular complexity index is 754. The Kier molecular flexibility index (Phi) is 5.99. The Balaban J connectivity index is 1.20. The van der Waals surface area contributed by atoms with Crippen LogP contribution in [0.25, 0.3) is 6.08 Å². The summed E-state index contributed by atoms with van der Waals surface area (Å²) in [4.78, 5) is 15.0. The normalized spacial score (nSPS) is 18.3. The molecule has 0 aliphatic carbocycles. The fraction of sp³-hybridized carbons (Fsp3) is 0.474. The lowest BCUT2D eigenvalue weighted by Gasteiger charge is -2.35. The maximum absolute atomic E-state index is 4.46. The predicted octanol–water partition coefficient (Wildman–Crippen LogP) is 3.39. The van der Waals surface area contributed by atoms with Crippen LogP contribution in [-0.4, -0.2) is 53.6 Å². The first kappa shape index (κ1) is 18.1. The van der Waals surface area contributed by atoms with E-state index in [4.69, 9.17) is 0 Å². The number of rotatable bonds is 6. The number of nitrogens with one attached hydrogen (secondary N) is 1. The van der Waals surface area contributed by atoms with Crippen LogP contribution in [0.5, 0.6) is 0 Å². The van der Waals surface area contributed by atoms with Gasteiger partial charge in [-0.25, -0.2) is 4.98 Å². The predicted molar refractivity (Wildman–Crippen MR) is 112 cm³/mol. The number of fused-ring (bicyclic) bond motifs is 1. The van der Waals surface area contributed by atoms with Crippen molar-refractivity contribution in [3.05, 3.63) is 45.1 Å². The summed E-state index contributed by atoms with van der Waals surface area (Å²) in [6.07, 6.45) is 10.6. The highest BCUT2D eigenvalue weighted by molar-refractivity contribution is 9.11. The zero-order chi connectivity index (χ0) is 17.8. The number of likely N-dealkylation sites (tertiary alicyclic amines) is 1. The van der Waals surface area contributed by atoms with Crippen molar-refractivity contribution in [3.8, 4) is 0 Å². The average molecular weight is 434 g/mol. The van der Waals surface area contributed by atoms with Crippen LogP contribution < -0.4 is 10.2 Å². The monoisotopic (exact) mass is 433 g/mol. The van der Waals surface area contributed by atoms with Gasteiger partial charge in [0.05, 0.1) is 11.4 Å². The van der Waals surface area contributed by atoms with Crippen molar-refractivity contribution in [3.63, 3.8) is 0 Å². The number of hydrogen-bond acceptors (Lipinski definition) is 6. The van der Waals surface area contributed by atoms with Crippen molar-refractivity contribution in [2.75, 3.05) is 37.6 Å². The maximum atomic E-state index is 4.46. The first-order valence-corrected chi connectivity index (χ1v) is 10.8. The van der Waals surface area contributed by atoms with Gasteiger partial charge in [0.25, 0.3) is 0 Å². The SMILES string of the molecule is Brc1ncc(CNC2CCN(CCN3CC=Cc4ncccc43)CC2)s1. The number of nitrogens with zero attached hydrogens (tertiary/aromatic N) is 4. The van der Waals surface area contributed by atoms with E-state index in [1.807, 2.05) is 18.5 Å². The summed E-state index contributed by atoms with van der Waals surface area (Å²) in [6.45, 7) is 6.45. The van der Waals surface area contributed by atoms with Gasteiger partial charge in [-0.1, -0.05) is 6.08 Å². The van der Waals surface area contributed by atoms with Crippen LogP contribution in [0.2, 0.25) is 0 Å². The van der Waals surface area contributed by atoms with Crippen LogP contribution in [0.1, 0.15) is 23.4 Å². The van der Waals surface area contributed by atoms with Gasteiger partial charge in [-0.2, -0.15) is 0 Å². The quantitative estimate of drug-likeness (QED) is 0.755. The fourth-order valence-corrected chi connectivity index (χ4v) is 4.95. The molecule has 0 amide bonds. The molecule has 0 aromatic carbocycles. The molecule has 0 spiro atoms. The Hall–Kier alpha value is -1.28. The Morgan fingerprint density at radius 2 is 2.12 bits per heavy atom. The molecule has 1 N–H and O–H groups in total. The van der Waals surface area contributed by atoms with Crippen LogP contribution >= 0.6 is 27.3 Å². The van der Waals surface area contributed by atoms with Gasteiger partial charge in [0.15, 0.2) is 3.92 Å². The molecule has 26 heavy (non-hydrogen) atoms. The summed E-state index contributed by atoms with van der Waals surface area (Å²) < 4.78 is 0.966. The van der Waals surface area contributed by atoms with Gasteiger partial charge in [-0.15, -0.1) is 11.3 Å². The van der Waals surface area contributed by atoms with Gasteiger partial charge >= 0.3 is 0 Å². The van der Waals surface area contributed by atoms with E-state index in [1.54, 1.807) is 11.3 Å². The minimum Gasteiger partial charge on any atom is -0.365 e. The molecule has 2 aromatic heterocycles. The number of thiazole rings is 1. The van der Waals surface area contributed by atoms with Gasteiger partial charge in [0.2, 0.25) is 0 Å². The lowest BCUT2D eigenvalue weighted by atomic mass is 10.0. The first-order valence-electron chi connectivity index (χ1n) is 9.20. The summed E-state index contributed by atoms with van der Waals surface area (Å²) in [6, 6.07) is 4.83. The second-order valence-electron chi connectivity index (χ2n) is 6.83. The zero-order valence-corrected chi connectivity index (χ0v) is 17.2. The van der Waals surface area contributed by atoms with Gasteiger partial charge in [-0.05, 0) is 60.1 Å². The third kappa shape index (κ3) is 4.52. The standard InChI is InChI=1S/C19H24BrN5S/c20-19-23-14-16(26-19)13-22-15-5-9-24(10-6-15)11-12-25-8-2-3-17-18(25)4-1-7-21-17/h1-4,7,14-15,22H,5-6,8-13H2. The summed E-state index contributed by atoms with van der Waals surface area (Å²) in [5.74, 6) is 0. The molecule has 5 nitrogen and oxygen atoms in total. The average Bonchev–Trinajstić information content (AvgIpc) is 3.11. The number of pyridine rings is 1. The first-order chi connectivity index (χ1) is 12.8. The van der Waals surface area contributed by atoms with Crippen molar-refractivity contribution in [2.45, 2.75) is 25.4 Å². The number of halogens is 1. The highest BCUT2D eigenvalue weighted by Gasteiger charge is 2.20. The molecule has 1 saturated heterocycles. The smallest absolute Gasteiger partial charge is 0.159 e. The lowest BCUT2D eigenvalue weighted by Crippen LogP contribution is -2.45. The van der Waals surface area contributed by atoms with E-state index in [9.17, 15) is 0 Å². The van der Waals surface area contributed by atoms with E-state index < -0.39 is 0 Å². The minimum absolute atomic E-state index is 0.620. The van der Waals surface area contributed by atoms with E-state index in [0.29, 0.717) is 6.04 Å². The van der Waals surface area contributed by atoms with Crippen molar-refractivity contribution >= 4 is 39.0 Å². The second kappa shape index (κ2) is 8.61. The van der Waals surface area contributed by atoms with E-state index >= 15 is 0 Å². The van der Waals surface area contributed by atoms with Crippen LogP contribution in [0.3, 0.4) is 0 Å². The fourth-order valence-electron chi connectivity index (χ4n) is 3.64. The summed E-state index contributed by atoms with van der Waals surface area (Å²) in [5.41, 5.74) is 2.36. The van der Waals surface area contributed by atoms with E-state index in [1.165, 1.54) is 36.5 Å². The van der Waals surface area contributed by atoms with Crippen LogP contribution in [0.15, 0.2) is 34.5 Å². The highest BCUT2D eigenvalue weighted by atomic mass is 79.9. The molecule has 0 unspecified atom stereocenters. The minimum atomic E-state index is 0.620. The summed E-state index contributed by atoms with van der Waals surface area (Å²) in [7, 11) is 0.